The van der Waals surface area contributed by atoms with Crippen molar-refractivity contribution < 1.29 is 20.3 Å². The maximum absolute atomic E-state index is 4.26. The van der Waals surface area contributed by atoms with Crippen LogP contribution in [0.3, 0.4) is 0 Å². The van der Waals surface area contributed by atoms with Gasteiger partial charge in [-0.1, -0.05) is 0 Å². The molecule has 0 saturated heterocycles. The molecule has 0 aromatic heterocycles. The second kappa shape index (κ2) is 8.98. The van der Waals surface area contributed by atoms with E-state index in [0.29, 0.717) is 0 Å². The van der Waals surface area contributed by atoms with Gasteiger partial charge in [-0.3, -0.25) is 0 Å². The minimum Gasteiger partial charge on any atom is -0.166 e. The Kier molecular flexibility index (Phi) is 20.0. The molecule has 0 atom stereocenters. The molecule has 4 heavy (non-hydrogen) atoms. The zero-order valence-corrected chi connectivity index (χ0v) is 3.98. The molecule has 0 aromatic carbocycles. The van der Waals surface area contributed by atoms with Crippen molar-refractivity contribution in [3.63, 3.8) is 0 Å². The molecule has 4 heteroatoms. The van der Waals surface area contributed by atoms with Crippen molar-refractivity contribution >= 4 is 23.7 Å². The molecule has 0 fully saturated rings. The SMILES string of the molecule is ClOCl.[Ni]. The molecule has 0 unspecified atom stereocenters. The van der Waals surface area contributed by atoms with Gasteiger partial charge in [0.15, 0.2) is 0 Å². The van der Waals surface area contributed by atoms with Crippen LogP contribution in [0.1, 0.15) is 0 Å². The van der Waals surface area contributed by atoms with Gasteiger partial charge in [-0.05, 0) is 0 Å². The van der Waals surface area contributed by atoms with Gasteiger partial charge in [0.1, 0.15) is 0 Å². The van der Waals surface area contributed by atoms with Gasteiger partial charge in [0.25, 0.3) is 0 Å². The van der Waals surface area contributed by atoms with Crippen molar-refractivity contribution in [1.82, 2.24) is 0 Å². The predicted octanol–water partition coefficient (Wildman–Crippen LogP) is 1.31. The maximum atomic E-state index is 4.26. The van der Waals surface area contributed by atoms with Crippen LogP contribution < -0.4 is 0 Å². The van der Waals surface area contributed by atoms with E-state index in [1.165, 1.54) is 0 Å². The number of rotatable bonds is 0. The van der Waals surface area contributed by atoms with Crippen LogP contribution in [0.15, 0.2) is 0 Å². The van der Waals surface area contributed by atoms with Crippen LogP contribution in [0.25, 0.3) is 0 Å². The molecule has 0 heterocycles. The van der Waals surface area contributed by atoms with E-state index in [2.05, 4.69) is 27.6 Å². The zero-order chi connectivity index (χ0) is 2.71. The molecule has 0 aliphatic heterocycles. The molecule has 0 N–H and O–H groups in total. The van der Waals surface area contributed by atoms with Crippen molar-refractivity contribution in [1.29, 1.82) is 0 Å². The summed E-state index contributed by atoms with van der Waals surface area (Å²) in [5.74, 6) is 0. The topological polar surface area (TPSA) is 9.23 Å². The van der Waals surface area contributed by atoms with E-state index in [0.717, 1.165) is 0 Å². The standard InChI is InChI=1S/Cl2O.Ni/c1-3-2;. The zero-order valence-electron chi connectivity index (χ0n) is 1.48. The van der Waals surface area contributed by atoms with E-state index >= 15 is 0 Å². The molecule has 0 rings (SSSR count). The van der Waals surface area contributed by atoms with Crippen LogP contribution in [-0.2, 0) is 20.3 Å². The van der Waals surface area contributed by atoms with Crippen LogP contribution in [0.5, 0.6) is 0 Å². The average molecular weight is 146 g/mol. The molecule has 0 saturated carbocycles. The summed E-state index contributed by atoms with van der Waals surface area (Å²) in [5, 5.41) is 0. The molecule has 0 aromatic rings. The van der Waals surface area contributed by atoms with Crippen molar-refractivity contribution in [2.24, 2.45) is 0 Å². The Morgan fingerprint density at radius 2 is 1.25 bits per heavy atom. The Balaban J connectivity index is 0. The van der Waals surface area contributed by atoms with Crippen LogP contribution in [0.2, 0.25) is 0 Å². The first-order valence-electron chi connectivity index (χ1n) is 0.309. The molecular formula is Cl2NiO. The molecule has 0 radical (unpaired) electrons. The molecule has 0 bridgehead atoms. The second-order valence-electron chi connectivity index (χ2n) is 0.0583. The molecular weight excluding hydrogens is 146 g/mol. The van der Waals surface area contributed by atoms with E-state index in [-0.39, 0.29) is 16.5 Å². The smallest absolute Gasteiger partial charge is 0.0832 e. The second-order valence-corrected chi connectivity index (χ2v) is 0.525. The minimum absolute atomic E-state index is 0. The van der Waals surface area contributed by atoms with Gasteiger partial charge in [0, 0.05) is 16.5 Å². The van der Waals surface area contributed by atoms with Gasteiger partial charge in [-0.15, -0.1) is 0 Å². The van der Waals surface area contributed by atoms with Gasteiger partial charge >= 0.3 is 0 Å². The molecule has 0 amide bonds. The summed E-state index contributed by atoms with van der Waals surface area (Å²) in [6.45, 7) is 0. The summed E-state index contributed by atoms with van der Waals surface area (Å²) in [5.41, 5.74) is 0. The first-order chi connectivity index (χ1) is 1.41. The number of halogens is 2. The Bertz CT molecular complexity index is 6.00. The summed E-state index contributed by atoms with van der Waals surface area (Å²) in [4.78, 5) is 0. The minimum atomic E-state index is 0. The summed E-state index contributed by atoms with van der Waals surface area (Å²) < 4.78 is 3.19. The maximum Gasteiger partial charge on any atom is 0.0832 e. The van der Waals surface area contributed by atoms with E-state index in [4.69, 9.17) is 0 Å². The largest absolute Gasteiger partial charge is 0.166 e. The van der Waals surface area contributed by atoms with Gasteiger partial charge in [0.2, 0.25) is 0 Å². The van der Waals surface area contributed by atoms with Gasteiger partial charge in [-0.2, -0.15) is 3.84 Å². The fourth-order valence-electron chi connectivity index (χ4n) is 0. The van der Waals surface area contributed by atoms with Crippen LogP contribution in [0, 0.1) is 0 Å². The van der Waals surface area contributed by atoms with Crippen molar-refractivity contribution in [3.8, 4) is 0 Å². The molecule has 0 aliphatic rings. The van der Waals surface area contributed by atoms with Crippen LogP contribution >= 0.6 is 23.7 Å². The number of hydrogen-bond acceptors (Lipinski definition) is 1. The summed E-state index contributed by atoms with van der Waals surface area (Å²) in [7, 11) is 0. The van der Waals surface area contributed by atoms with Crippen molar-refractivity contribution in [3.05, 3.63) is 0 Å². The van der Waals surface area contributed by atoms with Crippen LogP contribution in [0.4, 0.5) is 0 Å². The fraction of sp³-hybridized carbons (Fsp3) is 0. The molecule has 30 valence electrons. The molecule has 0 aliphatic carbocycles. The Labute approximate surface area is 44.5 Å². The third-order valence-electron chi connectivity index (χ3n) is 0. The number of hydrogen-bond donors (Lipinski definition) is 0. The van der Waals surface area contributed by atoms with E-state index < -0.39 is 0 Å². The quantitative estimate of drug-likeness (QED) is 0.467. The summed E-state index contributed by atoms with van der Waals surface area (Å²) in [6.07, 6.45) is 0. The van der Waals surface area contributed by atoms with Gasteiger partial charge < -0.3 is 0 Å². The third-order valence-corrected chi connectivity index (χ3v) is 0. The predicted molar refractivity (Wildman–Crippen MR) is 12.8 cm³/mol. The van der Waals surface area contributed by atoms with E-state index in [1.807, 2.05) is 0 Å². The van der Waals surface area contributed by atoms with Gasteiger partial charge in [0.05, 0.1) is 23.7 Å². The first kappa shape index (κ1) is 8.90. The Morgan fingerprint density at radius 3 is 1.25 bits per heavy atom. The van der Waals surface area contributed by atoms with E-state index in [9.17, 15) is 0 Å². The summed E-state index contributed by atoms with van der Waals surface area (Å²) in [6, 6.07) is 0. The monoisotopic (exact) mass is 144 g/mol. The molecule has 1 nitrogen and oxygen atoms in total. The Morgan fingerprint density at radius 1 is 1.25 bits per heavy atom. The van der Waals surface area contributed by atoms with Gasteiger partial charge in [-0.25, -0.2) is 0 Å². The third kappa shape index (κ3) is 11.7. The Hall–Kier alpha value is 1.03. The summed E-state index contributed by atoms with van der Waals surface area (Å²) >= 11 is 8.53. The fourth-order valence-corrected chi connectivity index (χ4v) is 0. The van der Waals surface area contributed by atoms with Crippen molar-refractivity contribution in [2.75, 3.05) is 0 Å². The first-order valence-corrected chi connectivity index (χ1v) is 0.926. The molecule has 0 spiro atoms. The van der Waals surface area contributed by atoms with Crippen molar-refractivity contribution in [2.45, 2.75) is 0 Å². The van der Waals surface area contributed by atoms with E-state index in [1.54, 1.807) is 0 Å². The normalized spacial score (nSPS) is 4.50. The van der Waals surface area contributed by atoms with Crippen LogP contribution in [-0.4, -0.2) is 0 Å². The average Bonchev–Trinajstić information content (AvgIpc) is 0.918.